The molecule has 0 atom stereocenters. The third kappa shape index (κ3) is 4.99. The Morgan fingerprint density at radius 3 is 1.67 bits per heavy atom. The fourth-order valence-corrected chi connectivity index (χ4v) is 2.38. The Kier molecular flexibility index (Phi) is 5.22. The number of carbonyl (C=O) groups excluding carboxylic acids is 2. The molecule has 0 radical (unpaired) electrons. The molecule has 0 saturated carbocycles. The Morgan fingerprint density at radius 1 is 0.630 bits per heavy atom. The molecular formula is C20H17N3O4. The first-order chi connectivity index (χ1) is 13.0. The molecule has 0 spiro atoms. The molecule has 5 N–H and O–H groups in total. The van der Waals surface area contributed by atoms with Gasteiger partial charge in [0.1, 0.15) is 11.5 Å². The van der Waals surface area contributed by atoms with Crippen LogP contribution >= 0.6 is 0 Å². The molecule has 0 bridgehead atoms. The number of phenols is 2. The van der Waals surface area contributed by atoms with E-state index in [-0.39, 0.29) is 23.1 Å². The van der Waals surface area contributed by atoms with E-state index in [1.54, 1.807) is 36.4 Å². The zero-order valence-corrected chi connectivity index (χ0v) is 14.1. The second-order valence-corrected chi connectivity index (χ2v) is 5.71. The van der Waals surface area contributed by atoms with Crippen LogP contribution < -0.4 is 16.0 Å². The highest BCUT2D eigenvalue weighted by atomic mass is 16.3. The van der Waals surface area contributed by atoms with Crippen LogP contribution in [0.2, 0.25) is 0 Å². The number of phenolic OH excluding ortho intramolecular Hbond substituents is 2. The summed E-state index contributed by atoms with van der Waals surface area (Å²) in [4.78, 5) is 24.1. The summed E-state index contributed by atoms with van der Waals surface area (Å²) in [5, 5.41) is 26.9. The fourth-order valence-electron chi connectivity index (χ4n) is 2.38. The first-order valence-corrected chi connectivity index (χ1v) is 8.07. The second kappa shape index (κ2) is 7.92. The highest BCUT2D eigenvalue weighted by molar-refractivity contribution is 6.05. The molecule has 3 amide bonds. The third-order valence-corrected chi connectivity index (χ3v) is 3.60. The smallest absolute Gasteiger partial charge is 0.323 e. The van der Waals surface area contributed by atoms with Crippen molar-refractivity contribution in [2.75, 3.05) is 16.0 Å². The zero-order valence-electron chi connectivity index (χ0n) is 14.1. The van der Waals surface area contributed by atoms with Gasteiger partial charge in [0.2, 0.25) is 0 Å². The van der Waals surface area contributed by atoms with Gasteiger partial charge in [-0.1, -0.05) is 18.2 Å². The molecule has 3 aromatic rings. The number of carbonyl (C=O) groups is 2. The predicted molar refractivity (Wildman–Crippen MR) is 103 cm³/mol. The standard InChI is InChI=1S/C20H17N3O4/c24-17-10-13(11-18(25)12-17)19(26)21-15-6-8-16(9-7-15)23-20(27)22-14-4-2-1-3-5-14/h1-12,24-25H,(H,21,26)(H2,22,23,27). The van der Waals surface area contributed by atoms with E-state index >= 15 is 0 Å². The molecule has 0 aliphatic heterocycles. The van der Waals surface area contributed by atoms with Crippen LogP contribution in [-0.2, 0) is 0 Å². The van der Waals surface area contributed by atoms with E-state index in [1.165, 1.54) is 12.1 Å². The molecule has 0 unspecified atom stereocenters. The summed E-state index contributed by atoms with van der Waals surface area (Å²) in [5.41, 5.74) is 1.85. The minimum absolute atomic E-state index is 0.122. The van der Waals surface area contributed by atoms with Gasteiger partial charge in [-0.2, -0.15) is 0 Å². The molecule has 136 valence electrons. The van der Waals surface area contributed by atoms with E-state index in [4.69, 9.17) is 0 Å². The molecule has 0 aliphatic rings. The Labute approximate surface area is 155 Å². The quantitative estimate of drug-likeness (QED) is 0.482. The van der Waals surface area contributed by atoms with Crippen LogP contribution in [0.15, 0.2) is 72.8 Å². The molecule has 0 fully saturated rings. The van der Waals surface area contributed by atoms with Gasteiger partial charge in [0.15, 0.2) is 0 Å². The summed E-state index contributed by atoms with van der Waals surface area (Å²) in [7, 11) is 0. The number of rotatable bonds is 4. The number of amides is 3. The number of benzene rings is 3. The number of hydrogen-bond donors (Lipinski definition) is 5. The SMILES string of the molecule is O=C(Nc1ccccc1)Nc1ccc(NC(=O)c2cc(O)cc(O)c2)cc1. The molecular weight excluding hydrogens is 346 g/mol. The average molecular weight is 363 g/mol. The number of para-hydroxylation sites is 1. The lowest BCUT2D eigenvalue weighted by atomic mass is 10.2. The van der Waals surface area contributed by atoms with Gasteiger partial charge < -0.3 is 26.2 Å². The third-order valence-electron chi connectivity index (χ3n) is 3.60. The van der Waals surface area contributed by atoms with Gasteiger partial charge in [0, 0.05) is 28.7 Å². The van der Waals surface area contributed by atoms with Gasteiger partial charge in [-0.05, 0) is 48.5 Å². The normalized spacial score (nSPS) is 10.1. The fraction of sp³-hybridized carbons (Fsp3) is 0. The lowest BCUT2D eigenvalue weighted by Gasteiger charge is -2.09. The minimum atomic E-state index is -0.483. The first-order valence-electron chi connectivity index (χ1n) is 8.07. The van der Waals surface area contributed by atoms with Crippen molar-refractivity contribution in [3.63, 3.8) is 0 Å². The van der Waals surface area contributed by atoms with Crippen LogP contribution in [0.5, 0.6) is 11.5 Å². The largest absolute Gasteiger partial charge is 0.508 e. The highest BCUT2D eigenvalue weighted by Gasteiger charge is 2.09. The summed E-state index contributed by atoms with van der Waals surface area (Å²) in [6.45, 7) is 0. The van der Waals surface area contributed by atoms with Gasteiger partial charge in [-0.3, -0.25) is 4.79 Å². The Bertz CT molecular complexity index is 936. The molecule has 3 rings (SSSR count). The predicted octanol–water partition coefficient (Wildman–Crippen LogP) is 3.99. The van der Waals surface area contributed by atoms with Gasteiger partial charge >= 0.3 is 6.03 Å². The van der Waals surface area contributed by atoms with Gasteiger partial charge in [0.25, 0.3) is 5.91 Å². The van der Waals surface area contributed by atoms with Crippen LogP contribution in [0.1, 0.15) is 10.4 Å². The van der Waals surface area contributed by atoms with E-state index in [2.05, 4.69) is 16.0 Å². The molecule has 0 heterocycles. The number of aromatic hydroxyl groups is 2. The number of anilines is 3. The summed E-state index contributed by atoms with van der Waals surface area (Å²) >= 11 is 0. The van der Waals surface area contributed by atoms with Crippen LogP contribution in [0.3, 0.4) is 0 Å². The molecule has 3 aromatic carbocycles. The van der Waals surface area contributed by atoms with E-state index < -0.39 is 5.91 Å². The molecule has 7 nitrogen and oxygen atoms in total. The summed E-state index contributed by atoms with van der Waals surface area (Å²) in [5.74, 6) is -0.892. The Morgan fingerprint density at radius 2 is 1.11 bits per heavy atom. The van der Waals surface area contributed by atoms with Crippen molar-refractivity contribution in [2.45, 2.75) is 0 Å². The lowest BCUT2D eigenvalue weighted by Crippen LogP contribution is -2.19. The number of urea groups is 1. The molecule has 0 saturated heterocycles. The van der Waals surface area contributed by atoms with E-state index in [9.17, 15) is 19.8 Å². The van der Waals surface area contributed by atoms with Gasteiger partial charge in [-0.25, -0.2) is 4.79 Å². The summed E-state index contributed by atoms with van der Waals surface area (Å²) in [6.07, 6.45) is 0. The molecule has 0 aliphatic carbocycles. The van der Waals surface area contributed by atoms with Crippen LogP contribution in [0, 0.1) is 0 Å². The highest BCUT2D eigenvalue weighted by Crippen LogP contribution is 2.22. The minimum Gasteiger partial charge on any atom is -0.508 e. The maximum absolute atomic E-state index is 12.2. The number of nitrogens with one attached hydrogen (secondary N) is 3. The van der Waals surface area contributed by atoms with Crippen molar-refractivity contribution in [1.29, 1.82) is 0 Å². The van der Waals surface area contributed by atoms with Crippen LogP contribution in [0.4, 0.5) is 21.9 Å². The van der Waals surface area contributed by atoms with E-state index in [0.29, 0.717) is 17.1 Å². The van der Waals surface area contributed by atoms with Crippen LogP contribution in [-0.4, -0.2) is 22.2 Å². The van der Waals surface area contributed by atoms with Crippen LogP contribution in [0.25, 0.3) is 0 Å². The topological polar surface area (TPSA) is 111 Å². The van der Waals surface area contributed by atoms with Crippen molar-refractivity contribution >= 4 is 29.0 Å². The summed E-state index contributed by atoms with van der Waals surface area (Å²) < 4.78 is 0. The van der Waals surface area contributed by atoms with Gasteiger partial charge in [-0.15, -0.1) is 0 Å². The monoisotopic (exact) mass is 363 g/mol. The van der Waals surface area contributed by atoms with Crippen molar-refractivity contribution in [1.82, 2.24) is 0 Å². The molecule has 27 heavy (non-hydrogen) atoms. The zero-order chi connectivity index (χ0) is 19.2. The Balaban J connectivity index is 1.60. The first kappa shape index (κ1) is 17.8. The second-order valence-electron chi connectivity index (χ2n) is 5.71. The maximum Gasteiger partial charge on any atom is 0.323 e. The van der Waals surface area contributed by atoms with E-state index in [1.807, 2.05) is 18.2 Å². The maximum atomic E-state index is 12.2. The molecule has 0 aromatic heterocycles. The van der Waals surface area contributed by atoms with Crippen molar-refractivity contribution in [3.05, 3.63) is 78.4 Å². The van der Waals surface area contributed by atoms with E-state index in [0.717, 1.165) is 6.07 Å². The van der Waals surface area contributed by atoms with Crippen molar-refractivity contribution in [2.24, 2.45) is 0 Å². The van der Waals surface area contributed by atoms with Crippen molar-refractivity contribution in [3.8, 4) is 11.5 Å². The molecule has 7 heteroatoms. The number of hydrogen-bond acceptors (Lipinski definition) is 4. The Hall–Kier alpha value is -4.00. The van der Waals surface area contributed by atoms with Crippen molar-refractivity contribution < 1.29 is 19.8 Å². The average Bonchev–Trinajstić information content (AvgIpc) is 2.63. The van der Waals surface area contributed by atoms with Gasteiger partial charge in [0.05, 0.1) is 0 Å². The summed E-state index contributed by atoms with van der Waals surface area (Å²) in [6, 6.07) is 18.8. The lowest BCUT2D eigenvalue weighted by molar-refractivity contribution is 0.102.